The molecule has 1 unspecified atom stereocenters. The van der Waals surface area contributed by atoms with Crippen molar-refractivity contribution in [2.45, 2.75) is 25.7 Å². The largest absolute Gasteiger partial charge is 0.416 e. The van der Waals surface area contributed by atoms with Gasteiger partial charge < -0.3 is 11.1 Å². The number of likely N-dealkylation sites (N-methyl/N-ethyl adjacent to an activating group) is 1. The van der Waals surface area contributed by atoms with E-state index in [2.05, 4.69) is 5.32 Å². The van der Waals surface area contributed by atoms with E-state index in [9.17, 15) is 18.0 Å². The number of benzene rings is 2. The predicted octanol–water partition coefficient (Wildman–Crippen LogP) is 3.80. The van der Waals surface area contributed by atoms with Gasteiger partial charge in [-0.3, -0.25) is 9.69 Å². The van der Waals surface area contributed by atoms with E-state index in [1.54, 1.807) is 7.05 Å². The van der Waals surface area contributed by atoms with Gasteiger partial charge in [-0.15, -0.1) is 0 Å². The Morgan fingerprint density at radius 3 is 2.38 bits per heavy atom. The lowest BCUT2D eigenvalue weighted by atomic mass is 10.0. The second kappa shape index (κ2) is 8.33. The molecule has 0 heterocycles. The molecule has 7 heteroatoms. The molecule has 0 spiro atoms. The van der Waals surface area contributed by atoms with Crippen molar-refractivity contribution in [2.24, 2.45) is 5.73 Å². The predicted molar refractivity (Wildman–Crippen MR) is 95.5 cm³/mol. The average Bonchev–Trinajstić information content (AvgIpc) is 2.61. The minimum Gasteiger partial charge on any atom is -0.326 e. The van der Waals surface area contributed by atoms with Crippen LogP contribution >= 0.6 is 0 Å². The van der Waals surface area contributed by atoms with Crippen molar-refractivity contribution in [3.63, 3.8) is 0 Å². The molecule has 2 rings (SSSR count). The molecule has 0 saturated heterocycles. The van der Waals surface area contributed by atoms with E-state index in [1.165, 1.54) is 6.07 Å². The maximum absolute atomic E-state index is 13.1. The van der Waals surface area contributed by atoms with Crippen LogP contribution in [0.25, 0.3) is 0 Å². The molecule has 0 radical (unpaired) electrons. The van der Waals surface area contributed by atoms with Crippen molar-refractivity contribution in [1.29, 1.82) is 0 Å². The third-order valence-corrected chi connectivity index (χ3v) is 4.13. The Balaban J connectivity index is 2.34. The SMILES string of the molecule is CCN(C)C(C(=O)Nc1cc(CN)cc(C(F)(F)F)c1)c1ccccc1. The lowest BCUT2D eigenvalue weighted by molar-refractivity contribution is -0.137. The summed E-state index contributed by atoms with van der Waals surface area (Å²) in [5, 5.41) is 2.61. The molecular weight excluding hydrogens is 343 g/mol. The van der Waals surface area contributed by atoms with Crippen molar-refractivity contribution < 1.29 is 18.0 Å². The number of halogens is 3. The monoisotopic (exact) mass is 365 g/mol. The standard InChI is InChI=1S/C19H22F3N3O/c1-3-25(2)17(14-7-5-4-6-8-14)18(26)24-16-10-13(12-23)9-15(11-16)19(20,21)22/h4-11,17H,3,12,23H2,1-2H3,(H,24,26). The van der Waals surface area contributed by atoms with E-state index in [0.717, 1.165) is 17.7 Å². The van der Waals surface area contributed by atoms with Crippen LogP contribution in [0.5, 0.6) is 0 Å². The summed E-state index contributed by atoms with van der Waals surface area (Å²) in [4.78, 5) is 14.6. The van der Waals surface area contributed by atoms with E-state index < -0.39 is 23.7 Å². The fourth-order valence-electron chi connectivity index (χ4n) is 2.68. The third-order valence-electron chi connectivity index (χ3n) is 4.13. The van der Waals surface area contributed by atoms with Crippen molar-refractivity contribution in [3.8, 4) is 0 Å². The summed E-state index contributed by atoms with van der Waals surface area (Å²) in [6.07, 6.45) is -4.51. The van der Waals surface area contributed by atoms with Crippen LogP contribution in [0.4, 0.5) is 18.9 Å². The Morgan fingerprint density at radius 2 is 1.85 bits per heavy atom. The molecule has 0 aliphatic heterocycles. The molecule has 0 bridgehead atoms. The molecule has 0 aliphatic carbocycles. The number of nitrogens with zero attached hydrogens (tertiary/aromatic N) is 1. The van der Waals surface area contributed by atoms with Crippen molar-refractivity contribution in [2.75, 3.05) is 18.9 Å². The van der Waals surface area contributed by atoms with Crippen LogP contribution in [0.3, 0.4) is 0 Å². The highest BCUT2D eigenvalue weighted by Crippen LogP contribution is 2.32. The number of anilines is 1. The van der Waals surface area contributed by atoms with Crippen LogP contribution in [-0.2, 0) is 17.5 Å². The van der Waals surface area contributed by atoms with E-state index >= 15 is 0 Å². The van der Waals surface area contributed by atoms with Crippen LogP contribution < -0.4 is 11.1 Å². The van der Waals surface area contributed by atoms with Crippen molar-refractivity contribution in [1.82, 2.24) is 4.90 Å². The van der Waals surface area contributed by atoms with Gasteiger partial charge in [-0.25, -0.2) is 0 Å². The van der Waals surface area contributed by atoms with Gasteiger partial charge >= 0.3 is 6.18 Å². The molecule has 4 nitrogen and oxygen atoms in total. The number of nitrogens with two attached hydrogens (primary N) is 1. The summed E-state index contributed by atoms with van der Waals surface area (Å²) in [6.45, 7) is 2.45. The van der Waals surface area contributed by atoms with Crippen molar-refractivity contribution in [3.05, 3.63) is 65.2 Å². The smallest absolute Gasteiger partial charge is 0.326 e. The number of carbonyl (C=O) groups is 1. The van der Waals surface area contributed by atoms with Gasteiger partial charge in [0, 0.05) is 12.2 Å². The molecule has 0 aromatic heterocycles. The highest BCUT2D eigenvalue weighted by molar-refractivity contribution is 5.95. The van der Waals surface area contributed by atoms with Crippen LogP contribution in [0, 0.1) is 0 Å². The Hall–Kier alpha value is -2.38. The number of hydrogen-bond acceptors (Lipinski definition) is 3. The zero-order valence-corrected chi connectivity index (χ0v) is 14.7. The van der Waals surface area contributed by atoms with Gasteiger partial charge in [0.05, 0.1) is 5.56 Å². The van der Waals surface area contributed by atoms with Gasteiger partial charge in [0.2, 0.25) is 5.91 Å². The van der Waals surface area contributed by atoms with E-state index in [1.807, 2.05) is 42.2 Å². The summed E-state index contributed by atoms with van der Waals surface area (Å²) in [5.41, 5.74) is 5.80. The zero-order chi connectivity index (χ0) is 19.3. The second-order valence-electron chi connectivity index (χ2n) is 6.00. The van der Waals surface area contributed by atoms with Gasteiger partial charge in [0.25, 0.3) is 0 Å². The molecule has 0 saturated carbocycles. The van der Waals surface area contributed by atoms with Crippen molar-refractivity contribution >= 4 is 11.6 Å². The van der Waals surface area contributed by atoms with Crippen LogP contribution in [0.15, 0.2) is 48.5 Å². The van der Waals surface area contributed by atoms with Crippen LogP contribution in [0.1, 0.15) is 29.7 Å². The fourth-order valence-corrected chi connectivity index (χ4v) is 2.68. The Morgan fingerprint density at radius 1 is 1.19 bits per heavy atom. The second-order valence-corrected chi connectivity index (χ2v) is 6.00. The first-order valence-electron chi connectivity index (χ1n) is 8.23. The molecule has 1 amide bonds. The molecule has 2 aromatic rings. The Kier molecular flexibility index (Phi) is 6.39. The minimum absolute atomic E-state index is 0.0518. The average molecular weight is 365 g/mol. The molecule has 0 fully saturated rings. The lowest BCUT2D eigenvalue weighted by Gasteiger charge is -2.26. The maximum atomic E-state index is 13.1. The molecule has 140 valence electrons. The lowest BCUT2D eigenvalue weighted by Crippen LogP contribution is -2.34. The maximum Gasteiger partial charge on any atom is 0.416 e. The Bertz CT molecular complexity index is 747. The summed E-state index contributed by atoms with van der Waals surface area (Å²) in [6, 6.07) is 11.9. The first-order chi connectivity index (χ1) is 12.3. The van der Waals surface area contributed by atoms with Gasteiger partial charge in [-0.2, -0.15) is 13.2 Å². The summed E-state index contributed by atoms with van der Waals surface area (Å²) >= 11 is 0. The third kappa shape index (κ3) is 4.83. The number of rotatable bonds is 6. The van der Waals surface area contributed by atoms with Crippen LogP contribution in [-0.4, -0.2) is 24.4 Å². The minimum atomic E-state index is -4.51. The van der Waals surface area contributed by atoms with Gasteiger partial charge in [0.1, 0.15) is 6.04 Å². The zero-order valence-electron chi connectivity index (χ0n) is 14.7. The molecule has 0 aliphatic rings. The number of amides is 1. The first-order valence-corrected chi connectivity index (χ1v) is 8.23. The van der Waals surface area contributed by atoms with E-state index in [4.69, 9.17) is 5.73 Å². The number of hydrogen-bond donors (Lipinski definition) is 2. The normalized spacial score (nSPS) is 12.9. The molecule has 3 N–H and O–H groups in total. The molecule has 26 heavy (non-hydrogen) atoms. The van der Waals surface area contributed by atoms with Gasteiger partial charge in [0.15, 0.2) is 0 Å². The quantitative estimate of drug-likeness (QED) is 0.819. The Labute approximate surface area is 150 Å². The summed E-state index contributed by atoms with van der Waals surface area (Å²) in [5.74, 6) is -0.400. The summed E-state index contributed by atoms with van der Waals surface area (Å²) in [7, 11) is 1.79. The topological polar surface area (TPSA) is 58.4 Å². The molecule has 2 aromatic carbocycles. The van der Waals surface area contributed by atoms with Crippen LogP contribution in [0.2, 0.25) is 0 Å². The highest BCUT2D eigenvalue weighted by atomic mass is 19.4. The van der Waals surface area contributed by atoms with Gasteiger partial charge in [-0.05, 0) is 42.9 Å². The summed E-state index contributed by atoms with van der Waals surface area (Å²) < 4.78 is 39.2. The van der Waals surface area contributed by atoms with Gasteiger partial charge in [-0.1, -0.05) is 37.3 Å². The molecule has 1 atom stereocenters. The number of carbonyl (C=O) groups excluding carboxylic acids is 1. The fraction of sp³-hybridized carbons (Fsp3) is 0.316. The first kappa shape index (κ1) is 19.9. The van der Waals surface area contributed by atoms with E-state index in [0.29, 0.717) is 12.1 Å². The van der Waals surface area contributed by atoms with E-state index in [-0.39, 0.29) is 12.2 Å². The molecular formula is C19H22F3N3O. The number of nitrogens with one attached hydrogen (secondary N) is 1. The highest BCUT2D eigenvalue weighted by Gasteiger charge is 2.32. The number of alkyl halides is 3.